The summed E-state index contributed by atoms with van der Waals surface area (Å²) in [6.07, 6.45) is 0. The SMILES string of the molecule is C[C@@H]1CN(C(=O)c2ccc(I)c(Cl)c2)CCN1. The van der Waals surface area contributed by atoms with Crippen molar-refractivity contribution in [3.05, 3.63) is 32.4 Å². The lowest BCUT2D eigenvalue weighted by molar-refractivity contribution is 0.0709. The first-order valence-electron chi connectivity index (χ1n) is 5.55. The summed E-state index contributed by atoms with van der Waals surface area (Å²) >= 11 is 8.19. The van der Waals surface area contributed by atoms with E-state index in [1.54, 1.807) is 6.07 Å². The highest BCUT2D eigenvalue weighted by atomic mass is 127. The summed E-state index contributed by atoms with van der Waals surface area (Å²) in [5.41, 5.74) is 0.671. The van der Waals surface area contributed by atoms with Crippen LogP contribution >= 0.6 is 34.2 Å². The van der Waals surface area contributed by atoms with Gasteiger partial charge in [0.25, 0.3) is 5.91 Å². The lowest BCUT2D eigenvalue weighted by atomic mass is 10.1. The summed E-state index contributed by atoms with van der Waals surface area (Å²) in [5, 5.41) is 3.96. The maximum Gasteiger partial charge on any atom is 0.254 e. The smallest absolute Gasteiger partial charge is 0.254 e. The van der Waals surface area contributed by atoms with E-state index in [1.807, 2.05) is 17.0 Å². The molecule has 1 amide bonds. The van der Waals surface area contributed by atoms with Crippen LogP contribution < -0.4 is 5.32 Å². The van der Waals surface area contributed by atoms with Crippen LogP contribution in [-0.4, -0.2) is 36.5 Å². The molecule has 1 aromatic rings. The van der Waals surface area contributed by atoms with E-state index in [4.69, 9.17) is 11.6 Å². The molecule has 92 valence electrons. The van der Waals surface area contributed by atoms with Gasteiger partial charge in [0.15, 0.2) is 0 Å². The molecule has 1 fully saturated rings. The van der Waals surface area contributed by atoms with E-state index in [0.29, 0.717) is 16.6 Å². The van der Waals surface area contributed by atoms with Crippen LogP contribution in [0.25, 0.3) is 0 Å². The normalized spacial score (nSPS) is 20.4. The number of piperazine rings is 1. The number of halogens is 2. The van der Waals surface area contributed by atoms with Crippen LogP contribution in [0.5, 0.6) is 0 Å². The second kappa shape index (κ2) is 5.54. The fourth-order valence-electron chi connectivity index (χ4n) is 1.93. The Morgan fingerprint density at radius 2 is 2.35 bits per heavy atom. The highest BCUT2D eigenvalue weighted by Crippen LogP contribution is 2.20. The van der Waals surface area contributed by atoms with E-state index in [9.17, 15) is 4.79 Å². The number of hydrogen-bond acceptors (Lipinski definition) is 2. The van der Waals surface area contributed by atoms with Crippen LogP contribution in [0.3, 0.4) is 0 Å². The third-order valence-electron chi connectivity index (χ3n) is 2.82. The minimum absolute atomic E-state index is 0.0663. The van der Waals surface area contributed by atoms with Crippen LogP contribution in [0, 0.1) is 3.57 Å². The molecule has 3 nitrogen and oxygen atoms in total. The molecule has 1 aromatic carbocycles. The zero-order chi connectivity index (χ0) is 12.4. The molecule has 0 aliphatic carbocycles. The highest BCUT2D eigenvalue weighted by Gasteiger charge is 2.21. The number of nitrogens with one attached hydrogen (secondary N) is 1. The van der Waals surface area contributed by atoms with Crippen LogP contribution in [0.15, 0.2) is 18.2 Å². The van der Waals surface area contributed by atoms with Gasteiger partial charge in [-0.15, -0.1) is 0 Å². The number of carbonyl (C=O) groups excluding carboxylic acids is 1. The molecule has 0 unspecified atom stereocenters. The predicted octanol–water partition coefficient (Wildman–Crippen LogP) is 2.38. The first-order chi connectivity index (χ1) is 8.08. The summed E-state index contributed by atoms with van der Waals surface area (Å²) in [5.74, 6) is 0.0663. The van der Waals surface area contributed by atoms with Crippen LogP contribution in [0.2, 0.25) is 5.02 Å². The molecule has 0 saturated carbocycles. The Morgan fingerprint density at radius 1 is 1.59 bits per heavy atom. The number of rotatable bonds is 1. The lowest BCUT2D eigenvalue weighted by Crippen LogP contribution is -2.51. The van der Waals surface area contributed by atoms with Gasteiger partial charge in [0.1, 0.15) is 0 Å². The Balaban J connectivity index is 2.15. The van der Waals surface area contributed by atoms with Gasteiger partial charge in [0, 0.05) is 34.8 Å². The lowest BCUT2D eigenvalue weighted by Gasteiger charge is -2.32. The number of amides is 1. The highest BCUT2D eigenvalue weighted by molar-refractivity contribution is 14.1. The molecule has 1 saturated heterocycles. The Bertz CT molecular complexity index is 439. The van der Waals surface area contributed by atoms with Gasteiger partial charge in [-0.3, -0.25) is 4.79 Å². The molecule has 0 bridgehead atoms. The van der Waals surface area contributed by atoms with E-state index in [2.05, 4.69) is 34.8 Å². The average Bonchev–Trinajstić information content (AvgIpc) is 2.32. The molecule has 1 aliphatic heterocycles. The Morgan fingerprint density at radius 3 is 3.00 bits per heavy atom. The molecule has 5 heteroatoms. The molecule has 0 spiro atoms. The van der Waals surface area contributed by atoms with Gasteiger partial charge in [-0.25, -0.2) is 0 Å². The molecule has 2 rings (SSSR count). The molecule has 0 radical (unpaired) electrons. The van der Waals surface area contributed by atoms with Crippen LogP contribution in [0.1, 0.15) is 17.3 Å². The molecule has 0 aromatic heterocycles. The van der Waals surface area contributed by atoms with Gasteiger partial charge in [-0.05, 0) is 47.7 Å². The van der Waals surface area contributed by atoms with Gasteiger partial charge in [0.05, 0.1) is 5.02 Å². The average molecular weight is 365 g/mol. The van der Waals surface area contributed by atoms with Gasteiger partial charge in [-0.1, -0.05) is 11.6 Å². The van der Waals surface area contributed by atoms with Crippen LogP contribution in [-0.2, 0) is 0 Å². The Hall–Kier alpha value is -0.330. The summed E-state index contributed by atoms with van der Waals surface area (Å²) in [6.45, 7) is 4.45. The van der Waals surface area contributed by atoms with E-state index < -0.39 is 0 Å². The quantitative estimate of drug-likeness (QED) is 0.776. The van der Waals surface area contributed by atoms with Gasteiger partial charge in [0.2, 0.25) is 0 Å². The predicted molar refractivity (Wildman–Crippen MR) is 77.5 cm³/mol. The van der Waals surface area contributed by atoms with E-state index >= 15 is 0 Å². The van der Waals surface area contributed by atoms with Gasteiger partial charge >= 0.3 is 0 Å². The molecular weight excluding hydrogens is 351 g/mol. The van der Waals surface area contributed by atoms with Crippen molar-refractivity contribution in [3.8, 4) is 0 Å². The Kier molecular flexibility index (Phi) is 4.27. The van der Waals surface area contributed by atoms with Crippen molar-refractivity contribution >= 4 is 40.1 Å². The third-order valence-corrected chi connectivity index (χ3v) is 4.39. The number of nitrogens with zero attached hydrogens (tertiary/aromatic N) is 1. The van der Waals surface area contributed by atoms with Crippen molar-refractivity contribution in [3.63, 3.8) is 0 Å². The van der Waals surface area contributed by atoms with E-state index in [-0.39, 0.29) is 5.91 Å². The summed E-state index contributed by atoms with van der Waals surface area (Å²) in [6, 6.07) is 5.81. The first kappa shape index (κ1) is 13.1. The number of hydrogen-bond donors (Lipinski definition) is 1. The van der Waals surface area contributed by atoms with Crippen molar-refractivity contribution in [2.75, 3.05) is 19.6 Å². The number of benzene rings is 1. The molecule has 1 heterocycles. The van der Waals surface area contributed by atoms with Crippen molar-refractivity contribution < 1.29 is 4.79 Å². The molecule has 1 atom stereocenters. The minimum Gasteiger partial charge on any atom is -0.336 e. The first-order valence-corrected chi connectivity index (χ1v) is 7.01. The fraction of sp³-hybridized carbons (Fsp3) is 0.417. The second-order valence-electron chi connectivity index (χ2n) is 4.24. The zero-order valence-corrected chi connectivity index (χ0v) is 12.5. The van der Waals surface area contributed by atoms with Crippen LogP contribution in [0.4, 0.5) is 0 Å². The van der Waals surface area contributed by atoms with Crippen molar-refractivity contribution in [1.82, 2.24) is 10.2 Å². The second-order valence-corrected chi connectivity index (χ2v) is 5.80. The number of carbonyl (C=O) groups is 1. The van der Waals surface area contributed by atoms with E-state index in [0.717, 1.165) is 23.2 Å². The maximum absolute atomic E-state index is 12.2. The minimum atomic E-state index is 0.0663. The molecule has 1 N–H and O–H groups in total. The van der Waals surface area contributed by atoms with Gasteiger partial charge in [-0.2, -0.15) is 0 Å². The Labute approximate surface area is 120 Å². The van der Waals surface area contributed by atoms with Crippen molar-refractivity contribution in [2.45, 2.75) is 13.0 Å². The summed E-state index contributed by atoms with van der Waals surface area (Å²) < 4.78 is 0.967. The van der Waals surface area contributed by atoms with Crippen molar-refractivity contribution in [1.29, 1.82) is 0 Å². The molecule has 1 aliphatic rings. The van der Waals surface area contributed by atoms with E-state index in [1.165, 1.54) is 0 Å². The standard InChI is InChI=1S/C12H14ClIN2O/c1-8-7-16(5-4-15-8)12(17)9-2-3-11(14)10(13)6-9/h2-3,6,8,15H,4-5,7H2,1H3/t8-/m1/s1. The topological polar surface area (TPSA) is 32.3 Å². The third kappa shape index (κ3) is 3.11. The summed E-state index contributed by atoms with van der Waals surface area (Å²) in [4.78, 5) is 14.1. The maximum atomic E-state index is 12.2. The monoisotopic (exact) mass is 364 g/mol. The molecular formula is C12H14ClIN2O. The fourth-order valence-corrected chi connectivity index (χ4v) is 2.44. The zero-order valence-electron chi connectivity index (χ0n) is 9.54. The molecule has 17 heavy (non-hydrogen) atoms. The van der Waals surface area contributed by atoms with Crippen molar-refractivity contribution in [2.24, 2.45) is 0 Å². The van der Waals surface area contributed by atoms with Gasteiger partial charge < -0.3 is 10.2 Å². The largest absolute Gasteiger partial charge is 0.336 e. The summed E-state index contributed by atoms with van der Waals surface area (Å²) in [7, 11) is 0.